The van der Waals surface area contributed by atoms with Gasteiger partial charge >= 0.3 is 0 Å². The van der Waals surface area contributed by atoms with E-state index in [1.807, 2.05) is 18.2 Å². The standard InChI is InChI=1S/C22H24BrN3OS/c23-19-9-7-18(8-10-19)21-17-28-22(24-20-5-2-1-3-6-20)26(21)12-4-11-25-13-15-27-16-14-25/h1-3,5-10,17H,4,11-16H2. The number of hydrogen-bond donors (Lipinski definition) is 0. The highest BCUT2D eigenvalue weighted by atomic mass is 79.9. The molecule has 1 saturated heterocycles. The van der Waals surface area contributed by atoms with E-state index >= 15 is 0 Å². The topological polar surface area (TPSA) is 29.8 Å². The van der Waals surface area contributed by atoms with Gasteiger partial charge in [-0.3, -0.25) is 4.90 Å². The highest BCUT2D eigenvalue weighted by molar-refractivity contribution is 9.10. The molecule has 0 unspecified atom stereocenters. The molecule has 0 spiro atoms. The van der Waals surface area contributed by atoms with E-state index < -0.39 is 0 Å². The minimum atomic E-state index is 0.852. The maximum Gasteiger partial charge on any atom is 0.190 e. The number of aromatic nitrogens is 1. The van der Waals surface area contributed by atoms with Gasteiger partial charge in [-0.05, 0) is 36.2 Å². The van der Waals surface area contributed by atoms with Crippen LogP contribution in [-0.2, 0) is 11.3 Å². The Kier molecular flexibility index (Phi) is 6.75. The predicted molar refractivity (Wildman–Crippen MR) is 119 cm³/mol. The molecule has 1 aromatic heterocycles. The average molecular weight is 458 g/mol. The summed E-state index contributed by atoms with van der Waals surface area (Å²) in [5.41, 5.74) is 3.45. The molecular formula is C22H24BrN3OS. The highest BCUT2D eigenvalue weighted by Crippen LogP contribution is 2.23. The number of halogens is 1. The van der Waals surface area contributed by atoms with E-state index in [-0.39, 0.29) is 0 Å². The zero-order valence-electron chi connectivity index (χ0n) is 15.8. The van der Waals surface area contributed by atoms with Crippen molar-refractivity contribution in [3.05, 3.63) is 69.3 Å². The lowest BCUT2D eigenvalue weighted by atomic mass is 10.2. The molecule has 4 nitrogen and oxygen atoms in total. The van der Waals surface area contributed by atoms with Gasteiger partial charge in [0.25, 0.3) is 0 Å². The summed E-state index contributed by atoms with van der Waals surface area (Å²) in [6.07, 6.45) is 1.10. The normalized spacial score (nSPS) is 15.8. The van der Waals surface area contributed by atoms with Crippen LogP contribution >= 0.6 is 27.3 Å². The Morgan fingerprint density at radius 2 is 1.71 bits per heavy atom. The first kappa shape index (κ1) is 19.6. The number of benzene rings is 2. The first-order valence-electron chi connectivity index (χ1n) is 9.64. The summed E-state index contributed by atoms with van der Waals surface area (Å²) in [4.78, 5) is 8.45. The van der Waals surface area contributed by atoms with Gasteiger partial charge in [-0.2, -0.15) is 0 Å². The largest absolute Gasteiger partial charge is 0.379 e. The Balaban J connectivity index is 1.61. The smallest absolute Gasteiger partial charge is 0.190 e. The van der Waals surface area contributed by atoms with Crippen molar-refractivity contribution in [2.75, 3.05) is 32.8 Å². The molecule has 2 heterocycles. The molecule has 0 radical (unpaired) electrons. The number of nitrogens with zero attached hydrogens (tertiary/aromatic N) is 3. The van der Waals surface area contributed by atoms with Crippen molar-refractivity contribution in [3.8, 4) is 11.3 Å². The first-order valence-corrected chi connectivity index (χ1v) is 11.3. The summed E-state index contributed by atoms with van der Waals surface area (Å²) in [6.45, 7) is 5.83. The van der Waals surface area contributed by atoms with Crippen LogP contribution in [0.3, 0.4) is 0 Å². The van der Waals surface area contributed by atoms with Crippen molar-refractivity contribution < 1.29 is 4.74 Å². The molecule has 2 aromatic carbocycles. The molecule has 3 aromatic rings. The third kappa shape index (κ3) is 5.00. The zero-order valence-corrected chi connectivity index (χ0v) is 18.2. The van der Waals surface area contributed by atoms with Crippen molar-refractivity contribution in [2.24, 2.45) is 4.99 Å². The van der Waals surface area contributed by atoms with E-state index in [0.717, 1.165) is 60.8 Å². The second-order valence-electron chi connectivity index (χ2n) is 6.82. The van der Waals surface area contributed by atoms with Gasteiger partial charge in [0.1, 0.15) is 0 Å². The fourth-order valence-corrected chi connectivity index (χ4v) is 4.60. The summed E-state index contributed by atoms with van der Waals surface area (Å²) in [5, 5.41) is 2.22. The van der Waals surface area contributed by atoms with Gasteiger partial charge in [0.15, 0.2) is 4.80 Å². The number of thiazole rings is 1. The molecule has 0 bridgehead atoms. The third-order valence-electron chi connectivity index (χ3n) is 4.88. The molecule has 28 heavy (non-hydrogen) atoms. The van der Waals surface area contributed by atoms with E-state index in [4.69, 9.17) is 9.73 Å². The Labute approximate surface area is 178 Å². The molecule has 0 aliphatic carbocycles. The quantitative estimate of drug-likeness (QED) is 0.524. The van der Waals surface area contributed by atoms with Crippen LogP contribution < -0.4 is 4.80 Å². The summed E-state index contributed by atoms with van der Waals surface area (Å²) >= 11 is 5.24. The molecule has 146 valence electrons. The average Bonchev–Trinajstić information content (AvgIpc) is 3.12. The lowest BCUT2D eigenvalue weighted by Crippen LogP contribution is -2.37. The molecule has 1 aliphatic rings. The fourth-order valence-electron chi connectivity index (χ4n) is 3.38. The number of ether oxygens (including phenoxy) is 1. The Morgan fingerprint density at radius 1 is 0.964 bits per heavy atom. The van der Waals surface area contributed by atoms with Crippen molar-refractivity contribution in [3.63, 3.8) is 0 Å². The van der Waals surface area contributed by atoms with Crippen LogP contribution in [-0.4, -0.2) is 42.3 Å². The molecule has 6 heteroatoms. The molecule has 0 saturated carbocycles. The minimum absolute atomic E-state index is 0.852. The summed E-state index contributed by atoms with van der Waals surface area (Å²) in [5.74, 6) is 0. The first-order chi connectivity index (χ1) is 13.8. The van der Waals surface area contributed by atoms with Crippen molar-refractivity contribution in [1.29, 1.82) is 0 Å². The van der Waals surface area contributed by atoms with Gasteiger partial charge in [0.05, 0.1) is 24.6 Å². The summed E-state index contributed by atoms with van der Waals surface area (Å²) < 4.78 is 8.92. The van der Waals surface area contributed by atoms with Gasteiger partial charge in [-0.1, -0.05) is 46.3 Å². The number of para-hydroxylation sites is 1. The van der Waals surface area contributed by atoms with Gasteiger partial charge in [0, 0.05) is 36.0 Å². The van der Waals surface area contributed by atoms with Crippen molar-refractivity contribution in [1.82, 2.24) is 9.47 Å². The maximum absolute atomic E-state index is 5.46. The van der Waals surface area contributed by atoms with Crippen LogP contribution in [0.1, 0.15) is 6.42 Å². The zero-order chi connectivity index (χ0) is 19.2. The van der Waals surface area contributed by atoms with Crippen LogP contribution in [0.5, 0.6) is 0 Å². The lowest BCUT2D eigenvalue weighted by Gasteiger charge is -2.26. The van der Waals surface area contributed by atoms with Gasteiger partial charge in [-0.15, -0.1) is 11.3 Å². The Morgan fingerprint density at radius 3 is 2.46 bits per heavy atom. The number of morpholine rings is 1. The number of rotatable bonds is 6. The molecule has 0 atom stereocenters. The van der Waals surface area contributed by atoms with E-state index in [0.29, 0.717) is 0 Å². The molecule has 1 fully saturated rings. The maximum atomic E-state index is 5.46. The fraction of sp³-hybridized carbons (Fsp3) is 0.318. The molecule has 1 aliphatic heterocycles. The van der Waals surface area contributed by atoms with E-state index in [9.17, 15) is 0 Å². The Bertz CT molecular complexity index is 944. The monoisotopic (exact) mass is 457 g/mol. The minimum Gasteiger partial charge on any atom is -0.379 e. The summed E-state index contributed by atoms with van der Waals surface area (Å²) in [7, 11) is 0. The second kappa shape index (κ2) is 9.65. The van der Waals surface area contributed by atoms with Crippen LogP contribution in [0.2, 0.25) is 0 Å². The van der Waals surface area contributed by atoms with Crippen molar-refractivity contribution in [2.45, 2.75) is 13.0 Å². The van der Waals surface area contributed by atoms with Crippen LogP contribution in [0.15, 0.2) is 69.4 Å². The highest BCUT2D eigenvalue weighted by Gasteiger charge is 2.12. The van der Waals surface area contributed by atoms with E-state index in [2.05, 4.69) is 67.2 Å². The molecule has 0 amide bonds. The van der Waals surface area contributed by atoms with Gasteiger partial charge in [-0.25, -0.2) is 4.99 Å². The van der Waals surface area contributed by atoms with E-state index in [1.54, 1.807) is 11.3 Å². The molecule has 4 rings (SSSR count). The Hall–Kier alpha value is -1.73. The molecule has 0 N–H and O–H groups in total. The third-order valence-corrected chi connectivity index (χ3v) is 6.27. The predicted octanol–water partition coefficient (Wildman–Crippen LogP) is 4.93. The molecular weight excluding hydrogens is 434 g/mol. The summed E-state index contributed by atoms with van der Waals surface area (Å²) in [6, 6.07) is 18.7. The van der Waals surface area contributed by atoms with E-state index in [1.165, 1.54) is 11.3 Å². The SMILES string of the molecule is Brc1ccc(-c2csc(=Nc3ccccc3)n2CCCN2CCOCC2)cc1. The second-order valence-corrected chi connectivity index (χ2v) is 8.57. The van der Waals surface area contributed by atoms with Crippen LogP contribution in [0.25, 0.3) is 11.3 Å². The number of hydrogen-bond acceptors (Lipinski definition) is 4. The van der Waals surface area contributed by atoms with Gasteiger partial charge in [0.2, 0.25) is 0 Å². The van der Waals surface area contributed by atoms with Gasteiger partial charge < -0.3 is 9.30 Å². The van der Waals surface area contributed by atoms with Crippen molar-refractivity contribution >= 4 is 33.0 Å². The lowest BCUT2D eigenvalue weighted by molar-refractivity contribution is 0.0369. The van der Waals surface area contributed by atoms with Crippen LogP contribution in [0.4, 0.5) is 5.69 Å². The van der Waals surface area contributed by atoms with Crippen LogP contribution in [0, 0.1) is 0 Å².